The number of para-hydroxylation sites is 2. The first-order valence-corrected chi connectivity index (χ1v) is 7.23. The van der Waals surface area contributed by atoms with E-state index >= 15 is 0 Å². The number of ether oxygens (including phenoxy) is 2. The number of carboxylic acids is 1. The van der Waals surface area contributed by atoms with Crippen LogP contribution in [0.1, 0.15) is 35.7 Å². The van der Waals surface area contributed by atoms with Gasteiger partial charge in [-0.1, -0.05) is 44.2 Å². The lowest BCUT2D eigenvalue weighted by atomic mass is 9.99. The topological polar surface area (TPSA) is 72.8 Å². The van der Waals surface area contributed by atoms with Crippen molar-refractivity contribution in [2.24, 2.45) is 0 Å². The molecule has 0 aliphatic carbocycles. The molecule has 0 saturated carbocycles. The van der Waals surface area contributed by atoms with Crippen molar-refractivity contribution in [2.75, 3.05) is 6.61 Å². The Kier molecular flexibility index (Phi) is 5.36. The Morgan fingerprint density at radius 2 is 1.74 bits per heavy atom. The minimum absolute atomic E-state index is 0.0205. The molecular weight excluding hydrogens is 296 g/mol. The van der Waals surface area contributed by atoms with Crippen LogP contribution in [-0.2, 0) is 4.79 Å². The third-order valence-corrected chi connectivity index (χ3v) is 3.21. The maximum atomic E-state index is 12.0. The fraction of sp³-hybridized carbons (Fsp3) is 0.222. The van der Waals surface area contributed by atoms with Gasteiger partial charge in [0, 0.05) is 0 Å². The van der Waals surface area contributed by atoms with Gasteiger partial charge in [-0.2, -0.15) is 0 Å². The molecule has 0 atom stereocenters. The van der Waals surface area contributed by atoms with E-state index in [-0.39, 0.29) is 23.8 Å². The van der Waals surface area contributed by atoms with Gasteiger partial charge in [-0.15, -0.1) is 0 Å². The summed E-state index contributed by atoms with van der Waals surface area (Å²) < 4.78 is 10.6. The Balaban J connectivity index is 2.15. The van der Waals surface area contributed by atoms with E-state index in [0.29, 0.717) is 11.3 Å². The number of carbonyl (C=O) groups excluding carboxylic acids is 1. The fourth-order valence-electron chi connectivity index (χ4n) is 2.09. The quantitative estimate of drug-likeness (QED) is 0.652. The predicted molar refractivity (Wildman–Crippen MR) is 85.1 cm³/mol. The zero-order chi connectivity index (χ0) is 16.8. The highest BCUT2D eigenvalue weighted by atomic mass is 16.6. The standard InChI is InChI=1S/C18H18O5/c1-12(2)14-9-6-10-15(18(20)21)17(14)23-16(19)11-22-13-7-4-3-5-8-13/h3-10,12H,11H2,1-2H3,(H,20,21). The van der Waals surface area contributed by atoms with Gasteiger partial charge in [-0.25, -0.2) is 9.59 Å². The number of carboxylic acid groups (broad SMARTS) is 1. The summed E-state index contributed by atoms with van der Waals surface area (Å²) in [7, 11) is 0. The number of rotatable bonds is 6. The number of hydrogen-bond donors (Lipinski definition) is 1. The van der Waals surface area contributed by atoms with Gasteiger partial charge in [-0.05, 0) is 29.7 Å². The van der Waals surface area contributed by atoms with E-state index in [9.17, 15) is 14.7 Å². The zero-order valence-electron chi connectivity index (χ0n) is 13.0. The Hall–Kier alpha value is -2.82. The Bertz CT molecular complexity index is 692. The molecule has 120 valence electrons. The van der Waals surface area contributed by atoms with Gasteiger partial charge >= 0.3 is 11.9 Å². The van der Waals surface area contributed by atoms with Crippen molar-refractivity contribution in [1.82, 2.24) is 0 Å². The highest BCUT2D eigenvalue weighted by molar-refractivity contribution is 5.92. The summed E-state index contributed by atoms with van der Waals surface area (Å²) in [5.74, 6) is -1.15. The Morgan fingerprint density at radius 1 is 1.04 bits per heavy atom. The monoisotopic (exact) mass is 314 g/mol. The zero-order valence-corrected chi connectivity index (χ0v) is 13.0. The van der Waals surface area contributed by atoms with Crippen LogP contribution in [0.5, 0.6) is 11.5 Å². The average Bonchev–Trinajstić information content (AvgIpc) is 2.53. The van der Waals surface area contributed by atoms with Gasteiger partial charge in [-0.3, -0.25) is 0 Å². The molecule has 2 aromatic rings. The van der Waals surface area contributed by atoms with Crippen LogP contribution in [0.2, 0.25) is 0 Å². The fourth-order valence-corrected chi connectivity index (χ4v) is 2.09. The highest BCUT2D eigenvalue weighted by Crippen LogP contribution is 2.30. The van der Waals surface area contributed by atoms with Crippen molar-refractivity contribution in [3.63, 3.8) is 0 Å². The molecule has 2 aromatic carbocycles. The lowest BCUT2D eigenvalue weighted by Gasteiger charge is -2.15. The molecule has 0 aromatic heterocycles. The van der Waals surface area contributed by atoms with E-state index in [1.54, 1.807) is 36.4 Å². The van der Waals surface area contributed by atoms with Gasteiger partial charge in [0.15, 0.2) is 6.61 Å². The van der Waals surface area contributed by atoms with Crippen LogP contribution < -0.4 is 9.47 Å². The van der Waals surface area contributed by atoms with Crippen molar-refractivity contribution in [2.45, 2.75) is 19.8 Å². The van der Waals surface area contributed by atoms with Crippen LogP contribution in [0.4, 0.5) is 0 Å². The molecular formula is C18H18O5. The summed E-state index contributed by atoms with van der Waals surface area (Å²) in [6.45, 7) is 3.51. The van der Waals surface area contributed by atoms with Crippen molar-refractivity contribution in [3.8, 4) is 11.5 Å². The smallest absolute Gasteiger partial charge is 0.349 e. The average molecular weight is 314 g/mol. The first kappa shape index (κ1) is 16.5. The minimum atomic E-state index is -1.14. The first-order chi connectivity index (χ1) is 11.0. The molecule has 5 nitrogen and oxygen atoms in total. The van der Waals surface area contributed by atoms with Crippen molar-refractivity contribution < 1.29 is 24.2 Å². The molecule has 5 heteroatoms. The number of carbonyl (C=O) groups is 2. The summed E-state index contributed by atoms with van der Waals surface area (Å²) in [6.07, 6.45) is 0. The van der Waals surface area contributed by atoms with E-state index in [2.05, 4.69) is 0 Å². The lowest BCUT2D eigenvalue weighted by Crippen LogP contribution is -2.20. The normalized spacial score (nSPS) is 10.4. The summed E-state index contributed by atoms with van der Waals surface area (Å²) in [5, 5.41) is 9.27. The second kappa shape index (κ2) is 7.45. The van der Waals surface area contributed by atoms with Crippen LogP contribution >= 0.6 is 0 Å². The molecule has 23 heavy (non-hydrogen) atoms. The molecule has 0 fully saturated rings. The Labute approximate surface area is 134 Å². The van der Waals surface area contributed by atoms with Crippen LogP contribution in [0, 0.1) is 0 Å². The second-order valence-corrected chi connectivity index (χ2v) is 5.26. The molecule has 0 amide bonds. The SMILES string of the molecule is CC(C)c1cccc(C(=O)O)c1OC(=O)COc1ccccc1. The van der Waals surface area contributed by atoms with Gasteiger partial charge in [0.2, 0.25) is 0 Å². The predicted octanol–water partition coefficient (Wildman–Crippen LogP) is 3.49. The van der Waals surface area contributed by atoms with Crippen molar-refractivity contribution in [1.29, 1.82) is 0 Å². The van der Waals surface area contributed by atoms with Crippen LogP contribution in [0.25, 0.3) is 0 Å². The van der Waals surface area contributed by atoms with Crippen LogP contribution in [-0.4, -0.2) is 23.7 Å². The molecule has 0 saturated heterocycles. The molecule has 0 unspecified atom stereocenters. The Morgan fingerprint density at radius 3 is 2.35 bits per heavy atom. The molecule has 0 aliphatic heterocycles. The number of esters is 1. The molecule has 1 N–H and O–H groups in total. The van der Waals surface area contributed by atoms with E-state index in [0.717, 1.165) is 0 Å². The van der Waals surface area contributed by atoms with Crippen LogP contribution in [0.3, 0.4) is 0 Å². The van der Waals surface area contributed by atoms with Gasteiger partial charge in [0.1, 0.15) is 17.1 Å². The third-order valence-electron chi connectivity index (χ3n) is 3.21. The van der Waals surface area contributed by atoms with E-state index in [1.807, 2.05) is 19.9 Å². The van der Waals surface area contributed by atoms with Crippen molar-refractivity contribution in [3.05, 3.63) is 59.7 Å². The summed E-state index contributed by atoms with van der Waals surface area (Å²) in [6, 6.07) is 13.6. The lowest BCUT2D eigenvalue weighted by molar-refractivity contribution is -0.136. The summed E-state index contributed by atoms with van der Waals surface area (Å²) >= 11 is 0. The van der Waals surface area contributed by atoms with Gasteiger partial charge in [0.25, 0.3) is 0 Å². The summed E-state index contributed by atoms with van der Waals surface area (Å²) in [5.41, 5.74) is 0.627. The number of hydrogen-bond acceptors (Lipinski definition) is 4. The van der Waals surface area contributed by atoms with E-state index < -0.39 is 11.9 Å². The number of aromatic carboxylic acids is 1. The van der Waals surface area contributed by atoms with Gasteiger partial charge in [0.05, 0.1) is 0 Å². The highest BCUT2D eigenvalue weighted by Gasteiger charge is 2.20. The summed E-state index contributed by atoms with van der Waals surface area (Å²) in [4.78, 5) is 23.3. The maximum Gasteiger partial charge on any atom is 0.349 e. The van der Waals surface area contributed by atoms with Crippen LogP contribution in [0.15, 0.2) is 48.5 Å². The molecule has 2 rings (SSSR count). The molecule has 0 heterocycles. The molecule has 0 spiro atoms. The first-order valence-electron chi connectivity index (χ1n) is 7.23. The van der Waals surface area contributed by atoms with E-state index in [4.69, 9.17) is 9.47 Å². The largest absolute Gasteiger partial charge is 0.482 e. The van der Waals surface area contributed by atoms with Gasteiger partial charge < -0.3 is 14.6 Å². The molecule has 0 aliphatic rings. The second-order valence-electron chi connectivity index (χ2n) is 5.26. The van der Waals surface area contributed by atoms with E-state index in [1.165, 1.54) is 6.07 Å². The van der Waals surface area contributed by atoms with Crippen molar-refractivity contribution >= 4 is 11.9 Å². The third kappa shape index (κ3) is 4.32. The maximum absolute atomic E-state index is 12.0. The number of benzene rings is 2. The minimum Gasteiger partial charge on any atom is -0.482 e. The molecule has 0 radical (unpaired) electrons. The molecule has 0 bridgehead atoms.